The van der Waals surface area contributed by atoms with Gasteiger partial charge in [-0.15, -0.1) is 0 Å². The number of methoxy groups -OCH3 is 1. The molecule has 0 spiro atoms. The fraction of sp³-hybridized carbons (Fsp3) is 0.600. The van der Waals surface area contributed by atoms with Gasteiger partial charge in [-0.25, -0.2) is 4.79 Å². The molecule has 1 amide bonds. The van der Waals surface area contributed by atoms with E-state index in [1.165, 1.54) is 12.0 Å². The zero-order chi connectivity index (χ0) is 20.0. The second-order valence-corrected chi connectivity index (χ2v) is 7.03. The van der Waals surface area contributed by atoms with Gasteiger partial charge in [0.25, 0.3) is 0 Å². The van der Waals surface area contributed by atoms with Crippen LogP contribution < -0.4 is 10.2 Å². The van der Waals surface area contributed by atoms with Gasteiger partial charge in [-0.3, -0.25) is 9.69 Å². The van der Waals surface area contributed by atoms with Crippen molar-refractivity contribution in [2.24, 2.45) is 0 Å². The van der Waals surface area contributed by atoms with E-state index in [0.29, 0.717) is 23.4 Å². The summed E-state index contributed by atoms with van der Waals surface area (Å²) in [5.74, 6) is -0.619. The maximum atomic E-state index is 12.6. The molecular weight excluding hydrogens is 348 g/mol. The standard InChI is InChI=1S/C20H30N2O5/c1-4-6-15(5-2)21-16-11-14(19(26)27-3)7-8-17(16)22-18(25)9-10-20(22,12-23)13-24/h7-8,11,15,21,23-24H,4-6,9-10,12-13H2,1-3H3. The lowest BCUT2D eigenvalue weighted by Crippen LogP contribution is -2.52. The summed E-state index contributed by atoms with van der Waals surface area (Å²) >= 11 is 0. The topological polar surface area (TPSA) is 99.1 Å². The molecule has 3 N–H and O–H groups in total. The van der Waals surface area contributed by atoms with Gasteiger partial charge in [-0.2, -0.15) is 0 Å². The van der Waals surface area contributed by atoms with Crippen LogP contribution in [0.5, 0.6) is 0 Å². The Morgan fingerprint density at radius 3 is 2.59 bits per heavy atom. The van der Waals surface area contributed by atoms with Crippen molar-refractivity contribution in [1.29, 1.82) is 0 Å². The minimum atomic E-state index is -1.03. The van der Waals surface area contributed by atoms with Crippen LogP contribution in [0.15, 0.2) is 18.2 Å². The van der Waals surface area contributed by atoms with Gasteiger partial charge in [0.15, 0.2) is 0 Å². The quantitative estimate of drug-likeness (QED) is 0.570. The molecule has 0 radical (unpaired) electrons. The first-order chi connectivity index (χ1) is 13.0. The van der Waals surface area contributed by atoms with Gasteiger partial charge in [-0.05, 0) is 37.5 Å². The minimum Gasteiger partial charge on any atom is -0.465 e. The molecule has 1 saturated heterocycles. The van der Waals surface area contributed by atoms with E-state index in [9.17, 15) is 19.8 Å². The summed E-state index contributed by atoms with van der Waals surface area (Å²) in [5.41, 5.74) is 0.523. The Balaban J connectivity index is 2.53. The van der Waals surface area contributed by atoms with E-state index in [1.54, 1.807) is 18.2 Å². The Hall–Kier alpha value is -2.12. The highest BCUT2D eigenvalue weighted by atomic mass is 16.5. The zero-order valence-electron chi connectivity index (χ0n) is 16.3. The number of carbonyl (C=O) groups is 2. The van der Waals surface area contributed by atoms with Crippen LogP contribution in [0.25, 0.3) is 0 Å². The largest absolute Gasteiger partial charge is 0.465 e. The SMILES string of the molecule is CCCC(CC)Nc1cc(C(=O)OC)ccc1N1C(=O)CCC1(CO)CO. The number of nitrogens with one attached hydrogen (secondary N) is 1. The molecule has 1 atom stereocenters. The molecule has 0 aromatic heterocycles. The Labute approximate surface area is 160 Å². The van der Waals surface area contributed by atoms with Crippen molar-refractivity contribution < 1.29 is 24.5 Å². The van der Waals surface area contributed by atoms with Gasteiger partial charge < -0.3 is 20.3 Å². The number of ether oxygens (including phenoxy) is 1. The summed E-state index contributed by atoms with van der Waals surface area (Å²) in [6, 6.07) is 5.12. The fourth-order valence-corrected chi connectivity index (χ4v) is 3.61. The predicted octanol–water partition coefficient (Wildman–Crippen LogP) is 2.31. The smallest absolute Gasteiger partial charge is 0.337 e. The lowest BCUT2D eigenvalue weighted by molar-refractivity contribution is -0.117. The number of aliphatic hydroxyl groups excluding tert-OH is 2. The predicted molar refractivity (Wildman–Crippen MR) is 104 cm³/mol. The molecule has 0 bridgehead atoms. The summed E-state index contributed by atoms with van der Waals surface area (Å²) < 4.78 is 4.81. The first kappa shape index (κ1) is 21.2. The first-order valence-corrected chi connectivity index (χ1v) is 9.50. The van der Waals surface area contributed by atoms with Crippen LogP contribution >= 0.6 is 0 Å². The average molecular weight is 378 g/mol. The molecule has 1 aromatic rings. The summed E-state index contributed by atoms with van der Waals surface area (Å²) in [5, 5.41) is 23.2. The van der Waals surface area contributed by atoms with E-state index >= 15 is 0 Å². The van der Waals surface area contributed by atoms with Crippen LogP contribution in [-0.4, -0.2) is 54.0 Å². The molecule has 1 heterocycles. The van der Waals surface area contributed by atoms with Crippen molar-refractivity contribution in [1.82, 2.24) is 0 Å². The molecule has 150 valence electrons. The molecule has 0 aliphatic carbocycles. The maximum absolute atomic E-state index is 12.6. The van der Waals surface area contributed by atoms with Gasteiger partial charge in [0, 0.05) is 12.5 Å². The van der Waals surface area contributed by atoms with E-state index < -0.39 is 11.5 Å². The molecule has 1 fully saturated rings. The lowest BCUT2D eigenvalue weighted by atomic mass is 9.97. The van der Waals surface area contributed by atoms with Gasteiger partial charge in [0.05, 0.1) is 42.8 Å². The van der Waals surface area contributed by atoms with Crippen LogP contribution in [0.4, 0.5) is 11.4 Å². The summed E-state index contributed by atoms with van der Waals surface area (Å²) in [4.78, 5) is 26.1. The van der Waals surface area contributed by atoms with Gasteiger partial charge in [0.2, 0.25) is 5.91 Å². The number of benzene rings is 1. The Morgan fingerprint density at radius 1 is 1.33 bits per heavy atom. The molecule has 2 rings (SSSR count). The summed E-state index contributed by atoms with van der Waals surface area (Å²) in [6.07, 6.45) is 3.46. The molecule has 1 aliphatic heterocycles. The number of carbonyl (C=O) groups excluding carboxylic acids is 2. The molecule has 1 aliphatic rings. The third-order valence-corrected chi connectivity index (χ3v) is 5.26. The highest BCUT2D eigenvalue weighted by Crippen LogP contribution is 2.39. The fourth-order valence-electron chi connectivity index (χ4n) is 3.61. The maximum Gasteiger partial charge on any atom is 0.337 e. The van der Waals surface area contributed by atoms with Crippen molar-refractivity contribution >= 4 is 23.3 Å². The lowest BCUT2D eigenvalue weighted by Gasteiger charge is -2.37. The highest BCUT2D eigenvalue weighted by molar-refractivity contribution is 6.02. The molecule has 0 saturated carbocycles. The van der Waals surface area contributed by atoms with Crippen LogP contribution in [0.1, 0.15) is 56.3 Å². The van der Waals surface area contributed by atoms with Gasteiger partial charge >= 0.3 is 5.97 Å². The molecular formula is C20H30N2O5. The average Bonchev–Trinajstić information content (AvgIpc) is 3.03. The first-order valence-electron chi connectivity index (χ1n) is 9.50. The Kier molecular flexibility index (Phi) is 7.21. The zero-order valence-corrected chi connectivity index (χ0v) is 16.3. The molecule has 7 nitrogen and oxygen atoms in total. The second kappa shape index (κ2) is 9.19. The van der Waals surface area contributed by atoms with Crippen molar-refractivity contribution in [3.05, 3.63) is 23.8 Å². The van der Waals surface area contributed by atoms with Crippen molar-refractivity contribution in [2.75, 3.05) is 30.5 Å². The number of anilines is 2. The van der Waals surface area contributed by atoms with Crippen molar-refractivity contribution in [2.45, 2.75) is 57.5 Å². The van der Waals surface area contributed by atoms with E-state index in [4.69, 9.17) is 4.74 Å². The van der Waals surface area contributed by atoms with Gasteiger partial charge in [0.1, 0.15) is 0 Å². The number of hydrogen-bond donors (Lipinski definition) is 3. The van der Waals surface area contributed by atoms with Gasteiger partial charge in [-0.1, -0.05) is 20.3 Å². The van der Waals surface area contributed by atoms with Crippen molar-refractivity contribution in [3.8, 4) is 0 Å². The van der Waals surface area contributed by atoms with E-state index in [0.717, 1.165) is 19.3 Å². The van der Waals surface area contributed by atoms with E-state index in [-0.39, 0.29) is 31.6 Å². The van der Waals surface area contributed by atoms with Crippen LogP contribution in [0, 0.1) is 0 Å². The van der Waals surface area contributed by atoms with Crippen LogP contribution in [-0.2, 0) is 9.53 Å². The number of esters is 1. The molecule has 27 heavy (non-hydrogen) atoms. The summed E-state index contributed by atoms with van der Waals surface area (Å²) in [7, 11) is 1.32. The number of amides is 1. The molecule has 1 aromatic carbocycles. The number of hydrogen-bond acceptors (Lipinski definition) is 6. The van der Waals surface area contributed by atoms with E-state index in [1.807, 2.05) is 0 Å². The third kappa shape index (κ3) is 4.25. The van der Waals surface area contributed by atoms with E-state index in [2.05, 4.69) is 19.2 Å². The number of rotatable bonds is 9. The van der Waals surface area contributed by atoms with Crippen LogP contribution in [0.2, 0.25) is 0 Å². The van der Waals surface area contributed by atoms with Crippen molar-refractivity contribution in [3.63, 3.8) is 0 Å². The minimum absolute atomic E-state index is 0.157. The number of aliphatic hydroxyl groups is 2. The Morgan fingerprint density at radius 2 is 2.04 bits per heavy atom. The Bertz CT molecular complexity index is 672. The normalized spacial score (nSPS) is 17.1. The second-order valence-electron chi connectivity index (χ2n) is 7.03. The molecule has 1 unspecified atom stereocenters. The van der Waals surface area contributed by atoms with Crippen LogP contribution in [0.3, 0.4) is 0 Å². The summed E-state index contributed by atoms with van der Waals surface area (Å²) in [6.45, 7) is 3.51. The molecule has 7 heteroatoms. The monoisotopic (exact) mass is 378 g/mol. The third-order valence-electron chi connectivity index (χ3n) is 5.26. The number of nitrogens with zero attached hydrogens (tertiary/aromatic N) is 1. The highest BCUT2D eigenvalue weighted by Gasteiger charge is 2.46.